The lowest BCUT2D eigenvalue weighted by molar-refractivity contribution is -0.406. The van der Waals surface area contributed by atoms with Gasteiger partial charge in [0.05, 0.1) is 31.8 Å². The summed E-state index contributed by atoms with van der Waals surface area (Å²) in [5, 5.41) is 12.1. The zero-order chi connectivity index (χ0) is 23.1. The lowest BCUT2D eigenvalue weighted by Crippen LogP contribution is -2.70. The van der Waals surface area contributed by atoms with Crippen molar-refractivity contribution in [2.24, 2.45) is 5.41 Å². The van der Waals surface area contributed by atoms with Crippen molar-refractivity contribution in [2.45, 2.75) is 115 Å². The monoisotopic (exact) mass is 440 g/mol. The first kappa shape index (κ1) is 23.9. The predicted molar refractivity (Wildman–Crippen MR) is 118 cm³/mol. The van der Waals surface area contributed by atoms with Gasteiger partial charge in [-0.15, -0.1) is 0 Å². The van der Waals surface area contributed by atoms with Crippen LogP contribution in [0.5, 0.6) is 0 Å². The fraction of sp³-hybridized carbons (Fsp3) is 1.00. The molecular formula is C24H44N2O5. The fourth-order valence-corrected chi connectivity index (χ4v) is 6.67. The molecule has 0 aromatic carbocycles. The maximum absolute atomic E-state index is 10.6. The number of rotatable bonds is 0. The van der Waals surface area contributed by atoms with Crippen molar-refractivity contribution in [1.29, 1.82) is 0 Å². The third-order valence-electron chi connectivity index (χ3n) is 8.34. The molecule has 0 aromatic rings. The molecule has 1 N–H and O–H groups in total. The molecule has 0 radical (unpaired) electrons. The highest BCUT2D eigenvalue weighted by Crippen LogP contribution is 2.51. The lowest BCUT2D eigenvalue weighted by Gasteiger charge is -2.61. The van der Waals surface area contributed by atoms with Crippen molar-refractivity contribution in [3.8, 4) is 0 Å². The molecule has 7 heteroatoms. The summed E-state index contributed by atoms with van der Waals surface area (Å²) in [5.74, 6) is -1.23. The summed E-state index contributed by atoms with van der Waals surface area (Å²) >= 11 is 0. The molecule has 0 saturated carbocycles. The van der Waals surface area contributed by atoms with Gasteiger partial charge in [0.1, 0.15) is 0 Å². The molecule has 4 heterocycles. The molecule has 4 rings (SSSR count). The van der Waals surface area contributed by atoms with Crippen LogP contribution >= 0.6 is 0 Å². The van der Waals surface area contributed by atoms with E-state index in [0.717, 1.165) is 12.8 Å². The highest BCUT2D eigenvalue weighted by atomic mass is 16.7. The number of nitrogens with zero attached hydrogens (tertiary/aromatic N) is 2. The van der Waals surface area contributed by atoms with Crippen molar-refractivity contribution in [2.75, 3.05) is 33.5 Å². The first-order valence-electron chi connectivity index (χ1n) is 11.8. The Balaban J connectivity index is 1.44. The third kappa shape index (κ3) is 3.98. The Labute approximate surface area is 188 Å². The molecule has 4 fully saturated rings. The second-order valence-corrected chi connectivity index (χ2v) is 13.3. The molecule has 0 aliphatic carbocycles. The fourth-order valence-electron chi connectivity index (χ4n) is 6.67. The molecule has 31 heavy (non-hydrogen) atoms. The van der Waals surface area contributed by atoms with E-state index in [2.05, 4.69) is 39.6 Å². The number of piperidine rings is 2. The number of likely N-dealkylation sites (tertiary alicyclic amines) is 1. The maximum Gasteiger partial charge on any atom is 0.172 e. The lowest BCUT2D eigenvalue weighted by atomic mass is 9.75. The Kier molecular flexibility index (Phi) is 5.29. The Morgan fingerprint density at radius 1 is 0.548 bits per heavy atom. The van der Waals surface area contributed by atoms with Crippen LogP contribution in [-0.4, -0.2) is 82.4 Å². The topological polar surface area (TPSA) is 63.6 Å². The van der Waals surface area contributed by atoms with E-state index in [1.807, 2.05) is 27.7 Å². The molecule has 0 unspecified atom stereocenters. The summed E-state index contributed by atoms with van der Waals surface area (Å²) in [6.07, 6.45) is 2.93. The first-order valence-corrected chi connectivity index (χ1v) is 11.8. The van der Waals surface area contributed by atoms with Crippen LogP contribution in [0, 0.1) is 5.41 Å². The number of hydrogen-bond donors (Lipinski definition) is 1. The minimum atomic E-state index is -0.676. The highest BCUT2D eigenvalue weighted by Gasteiger charge is 2.60. The van der Waals surface area contributed by atoms with E-state index < -0.39 is 22.7 Å². The molecule has 0 aromatic heterocycles. The second kappa shape index (κ2) is 6.87. The van der Waals surface area contributed by atoms with Gasteiger partial charge in [0, 0.05) is 47.8 Å². The van der Waals surface area contributed by atoms with E-state index in [-0.39, 0.29) is 16.5 Å². The zero-order valence-corrected chi connectivity index (χ0v) is 21.1. The molecule has 0 atom stereocenters. The van der Waals surface area contributed by atoms with Gasteiger partial charge in [0.2, 0.25) is 0 Å². The summed E-state index contributed by atoms with van der Waals surface area (Å²) in [4.78, 5) is 2.44. The first-order chi connectivity index (χ1) is 14.0. The van der Waals surface area contributed by atoms with Crippen molar-refractivity contribution in [3.05, 3.63) is 0 Å². The Hall–Kier alpha value is -0.280. The number of hydrogen-bond acceptors (Lipinski definition) is 7. The van der Waals surface area contributed by atoms with Crippen molar-refractivity contribution < 1.29 is 24.2 Å². The molecule has 180 valence electrons. The quantitative estimate of drug-likeness (QED) is 0.615. The normalized spacial score (nSPS) is 35.4. The molecule has 7 nitrogen and oxygen atoms in total. The molecular weight excluding hydrogens is 396 g/mol. The van der Waals surface area contributed by atoms with Crippen LogP contribution in [-0.2, 0) is 18.9 Å². The molecule has 4 aliphatic rings. The molecule has 4 aliphatic heterocycles. The van der Waals surface area contributed by atoms with E-state index in [1.165, 1.54) is 5.06 Å². The zero-order valence-electron chi connectivity index (χ0n) is 21.1. The third-order valence-corrected chi connectivity index (χ3v) is 8.34. The van der Waals surface area contributed by atoms with Crippen LogP contribution in [0.1, 0.15) is 81.1 Å². The van der Waals surface area contributed by atoms with Crippen LogP contribution in [0.3, 0.4) is 0 Å². The Morgan fingerprint density at radius 3 is 1.16 bits per heavy atom. The summed E-state index contributed by atoms with van der Waals surface area (Å²) < 4.78 is 26.0. The van der Waals surface area contributed by atoms with Crippen LogP contribution in [0.4, 0.5) is 0 Å². The van der Waals surface area contributed by atoms with Crippen LogP contribution in [0.25, 0.3) is 0 Å². The average Bonchev–Trinajstić information content (AvgIpc) is 2.62. The number of hydroxylamine groups is 2. The largest absolute Gasteiger partial charge is 0.349 e. The summed E-state index contributed by atoms with van der Waals surface area (Å²) in [5.41, 5.74) is -1.16. The average molecular weight is 441 g/mol. The van der Waals surface area contributed by atoms with E-state index in [1.54, 1.807) is 0 Å². The summed E-state index contributed by atoms with van der Waals surface area (Å²) in [6.45, 7) is 19.5. The highest BCUT2D eigenvalue weighted by molar-refractivity contribution is 5.06. The Bertz CT molecular complexity index is 597. The Morgan fingerprint density at radius 2 is 0.839 bits per heavy atom. The SMILES string of the molecule is CN1C(C)(C)CC2(CC1(C)C)OCC1(CO2)COC2(CC(C)(C)N(O)C(C)(C)C2)OC1. The van der Waals surface area contributed by atoms with Gasteiger partial charge < -0.3 is 24.2 Å². The van der Waals surface area contributed by atoms with Gasteiger partial charge in [-0.05, 0) is 62.4 Å². The van der Waals surface area contributed by atoms with E-state index in [0.29, 0.717) is 39.3 Å². The summed E-state index contributed by atoms with van der Waals surface area (Å²) in [7, 11) is 2.19. The smallest absolute Gasteiger partial charge is 0.172 e. The van der Waals surface area contributed by atoms with Gasteiger partial charge in [-0.1, -0.05) is 0 Å². The second-order valence-electron chi connectivity index (χ2n) is 13.3. The van der Waals surface area contributed by atoms with Gasteiger partial charge in [-0.25, -0.2) is 0 Å². The van der Waals surface area contributed by atoms with Crippen LogP contribution in [0.2, 0.25) is 0 Å². The van der Waals surface area contributed by atoms with E-state index in [9.17, 15) is 5.21 Å². The van der Waals surface area contributed by atoms with Gasteiger partial charge in [0.15, 0.2) is 11.6 Å². The summed E-state index contributed by atoms with van der Waals surface area (Å²) in [6, 6.07) is 0. The van der Waals surface area contributed by atoms with Gasteiger partial charge in [0.25, 0.3) is 0 Å². The number of ether oxygens (including phenoxy) is 4. The minimum absolute atomic E-state index is 0.00862. The molecule has 0 bridgehead atoms. The van der Waals surface area contributed by atoms with Gasteiger partial charge in [-0.2, -0.15) is 5.06 Å². The minimum Gasteiger partial charge on any atom is -0.349 e. The molecule has 0 amide bonds. The van der Waals surface area contributed by atoms with Crippen LogP contribution in [0.15, 0.2) is 0 Å². The van der Waals surface area contributed by atoms with Crippen molar-refractivity contribution in [1.82, 2.24) is 9.96 Å². The van der Waals surface area contributed by atoms with E-state index >= 15 is 0 Å². The molecule has 4 saturated heterocycles. The van der Waals surface area contributed by atoms with Crippen LogP contribution < -0.4 is 0 Å². The van der Waals surface area contributed by atoms with Crippen molar-refractivity contribution >= 4 is 0 Å². The van der Waals surface area contributed by atoms with Gasteiger partial charge >= 0.3 is 0 Å². The predicted octanol–water partition coefficient (Wildman–Crippen LogP) is 3.78. The molecule has 3 spiro atoms. The van der Waals surface area contributed by atoms with Crippen molar-refractivity contribution in [3.63, 3.8) is 0 Å². The standard InChI is InChI=1S/C24H44N2O5/c1-18(2)10-23(11-19(3,4)25(18)9)28-14-22(15-29-23)16-30-24(31-17-22)12-20(5,6)26(27)21(7,8)13-24/h27H,10-17H2,1-9H3. The van der Waals surface area contributed by atoms with Gasteiger partial charge in [-0.3, -0.25) is 4.90 Å². The van der Waals surface area contributed by atoms with E-state index in [4.69, 9.17) is 18.9 Å². The maximum atomic E-state index is 10.6.